The van der Waals surface area contributed by atoms with Crippen molar-refractivity contribution in [2.24, 2.45) is 0 Å². The highest BCUT2D eigenvalue weighted by molar-refractivity contribution is 5.93. The molecule has 0 saturated heterocycles. The number of esters is 1. The van der Waals surface area contributed by atoms with Crippen LogP contribution in [0.5, 0.6) is 11.5 Å². The Balaban J connectivity index is 2.54. The first kappa shape index (κ1) is 8.87. The van der Waals surface area contributed by atoms with Gasteiger partial charge < -0.3 is 14.6 Å². The van der Waals surface area contributed by atoms with E-state index in [4.69, 9.17) is 4.74 Å². The van der Waals surface area contributed by atoms with Crippen molar-refractivity contribution in [2.75, 3.05) is 13.7 Å². The third-order valence-electron chi connectivity index (χ3n) is 2.17. The van der Waals surface area contributed by atoms with Crippen LogP contribution in [0.4, 0.5) is 0 Å². The van der Waals surface area contributed by atoms with Crippen LogP contribution in [0.1, 0.15) is 15.9 Å². The highest BCUT2D eigenvalue weighted by atomic mass is 16.5. The Morgan fingerprint density at radius 1 is 1.57 bits per heavy atom. The summed E-state index contributed by atoms with van der Waals surface area (Å²) in [6.45, 7) is 0.544. The Morgan fingerprint density at radius 3 is 3.07 bits per heavy atom. The van der Waals surface area contributed by atoms with Crippen LogP contribution in [0.3, 0.4) is 0 Å². The second-order valence-electron chi connectivity index (χ2n) is 3.07. The highest BCUT2D eigenvalue weighted by Crippen LogP contribution is 2.33. The van der Waals surface area contributed by atoms with Crippen molar-refractivity contribution in [2.45, 2.75) is 6.42 Å². The molecule has 0 aromatic heterocycles. The van der Waals surface area contributed by atoms with Gasteiger partial charge in [-0.05, 0) is 12.1 Å². The van der Waals surface area contributed by atoms with E-state index < -0.39 is 5.97 Å². The zero-order valence-electron chi connectivity index (χ0n) is 7.74. The van der Waals surface area contributed by atoms with Crippen molar-refractivity contribution < 1.29 is 19.4 Å². The van der Waals surface area contributed by atoms with Crippen LogP contribution in [-0.2, 0) is 11.2 Å². The Morgan fingerprint density at radius 2 is 2.36 bits per heavy atom. The van der Waals surface area contributed by atoms with E-state index in [1.54, 1.807) is 6.07 Å². The lowest BCUT2D eigenvalue weighted by Gasteiger charge is -2.06. The molecule has 0 amide bonds. The quantitative estimate of drug-likeness (QED) is 0.680. The number of carbonyl (C=O) groups excluding carboxylic acids is 1. The molecule has 1 aromatic carbocycles. The second-order valence-corrected chi connectivity index (χ2v) is 3.07. The number of fused-ring (bicyclic) bond motifs is 1. The van der Waals surface area contributed by atoms with E-state index in [1.165, 1.54) is 13.2 Å². The standard InChI is InChI=1S/C10H10O4/c1-13-10(12)8-5-7(11)4-6-2-3-14-9(6)8/h4-5,11H,2-3H2,1H3. The molecule has 0 bridgehead atoms. The zero-order chi connectivity index (χ0) is 10.1. The van der Waals surface area contributed by atoms with Gasteiger partial charge in [0.25, 0.3) is 0 Å². The fourth-order valence-corrected chi connectivity index (χ4v) is 1.55. The predicted octanol–water partition coefficient (Wildman–Crippen LogP) is 1.11. The van der Waals surface area contributed by atoms with Crippen molar-refractivity contribution in [3.05, 3.63) is 23.3 Å². The molecule has 2 rings (SSSR count). The monoisotopic (exact) mass is 194 g/mol. The fraction of sp³-hybridized carbons (Fsp3) is 0.300. The maximum absolute atomic E-state index is 11.3. The summed E-state index contributed by atoms with van der Waals surface area (Å²) in [6.07, 6.45) is 0.716. The van der Waals surface area contributed by atoms with E-state index in [0.29, 0.717) is 24.3 Å². The van der Waals surface area contributed by atoms with Gasteiger partial charge in [-0.1, -0.05) is 0 Å². The van der Waals surface area contributed by atoms with Gasteiger partial charge in [-0.3, -0.25) is 0 Å². The molecular weight excluding hydrogens is 184 g/mol. The lowest BCUT2D eigenvalue weighted by Crippen LogP contribution is -2.03. The Bertz CT molecular complexity index is 384. The minimum absolute atomic E-state index is 0.0645. The topological polar surface area (TPSA) is 55.8 Å². The molecule has 74 valence electrons. The minimum atomic E-state index is -0.487. The van der Waals surface area contributed by atoms with Crippen LogP contribution >= 0.6 is 0 Å². The summed E-state index contributed by atoms with van der Waals surface area (Å²) in [6, 6.07) is 2.96. The summed E-state index contributed by atoms with van der Waals surface area (Å²) in [4.78, 5) is 11.3. The minimum Gasteiger partial charge on any atom is -0.508 e. The van der Waals surface area contributed by atoms with E-state index in [1.807, 2.05) is 0 Å². The molecule has 0 aliphatic carbocycles. The maximum atomic E-state index is 11.3. The van der Waals surface area contributed by atoms with Gasteiger partial charge in [0.2, 0.25) is 0 Å². The molecule has 4 nitrogen and oxygen atoms in total. The number of hydrogen-bond acceptors (Lipinski definition) is 4. The highest BCUT2D eigenvalue weighted by Gasteiger charge is 2.22. The van der Waals surface area contributed by atoms with Crippen LogP contribution in [0, 0.1) is 0 Å². The average molecular weight is 194 g/mol. The SMILES string of the molecule is COC(=O)c1cc(O)cc2c1OCC2. The first-order valence-electron chi connectivity index (χ1n) is 4.29. The van der Waals surface area contributed by atoms with E-state index in [9.17, 15) is 9.90 Å². The van der Waals surface area contributed by atoms with Crippen LogP contribution in [-0.4, -0.2) is 24.8 Å². The van der Waals surface area contributed by atoms with Gasteiger partial charge in [-0.2, -0.15) is 0 Å². The number of methoxy groups -OCH3 is 1. The lowest BCUT2D eigenvalue weighted by atomic mass is 10.1. The van der Waals surface area contributed by atoms with E-state index in [-0.39, 0.29) is 5.75 Å². The van der Waals surface area contributed by atoms with Gasteiger partial charge in [-0.25, -0.2) is 4.79 Å². The summed E-state index contributed by atoms with van der Waals surface area (Å²) in [7, 11) is 1.30. The summed E-state index contributed by atoms with van der Waals surface area (Å²) in [5.41, 5.74) is 1.14. The molecule has 0 fully saturated rings. The number of phenols is 1. The van der Waals surface area contributed by atoms with Crippen molar-refractivity contribution in [3.63, 3.8) is 0 Å². The molecule has 0 spiro atoms. The molecule has 4 heteroatoms. The smallest absolute Gasteiger partial charge is 0.341 e. The van der Waals surface area contributed by atoms with Gasteiger partial charge in [0.15, 0.2) is 0 Å². The van der Waals surface area contributed by atoms with Gasteiger partial charge in [0, 0.05) is 12.0 Å². The first-order chi connectivity index (χ1) is 6.72. The number of benzene rings is 1. The molecule has 0 radical (unpaired) electrons. The van der Waals surface area contributed by atoms with Crippen molar-refractivity contribution >= 4 is 5.97 Å². The van der Waals surface area contributed by atoms with E-state index >= 15 is 0 Å². The molecule has 0 atom stereocenters. The van der Waals surface area contributed by atoms with Crippen LogP contribution in [0.2, 0.25) is 0 Å². The summed E-state index contributed by atoms with van der Waals surface area (Å²) in [5, 5.41) is 9.36. The number of aromatic hydroxyl groups is 1. The number of carbonyl (C=O) groups is 1. The van der Waals surface area contributed by atoms with Gasteiger partial charge in [0.1, 0.15) is 17.1 Å². The molecule has 1 N–H and O–H groups in total. The molecule has 14 heavy (non-hydrogen) atoms. The Labute approximate surface area is 81.1 Å². The Hall–Kier alpha value is -1.71. The zero-order valence-corrected chi connectivity index (χ0v) is 7.74. The van der Waals surface area contributed by atoms with Crippen molar-refractivity contribution in [1.82, 2.24) is 0 Å². The van der Waals surface area contributed by atoms with Crippen LogP contribution in [0.25, 0.3) is 0 Å². The molecular formula is C10H10O4. The summed E-state index contributed by atoms with van der Waals surface area (Å²) < 4.78 is 9.88. The molecule has 0 saturated carbocycles. The largest absolute Gasteiger partial charge is 0.508 e. The van der Waals surface area contributed by atoms with Crippen LogP contribution in [0.15, 0.2) is 12.1 Å². The third-order valence-corrected chi connectivity index (χ3v) is 2.17. The molecule has 1 heterocycles. The second kappa shape index (κ2) is 3.21. The third kappa shape index (κ3) is 1.28. The molecule has 1 aliphatic rings. The van der Waals surface area contributed by atoms with E-state index in [0.717, 1.165) is 5.56 Å². The van der Waals surface area contributed by atoms with Crippen LogP contribution < -0.4 is 4.74 Å². The predicted molar refractivity (Wildman–Crippen MR) is 48.6 cm³/mol. The maximum Gasteiger partial charge on any atom is 0.341 e. The van der Waals surface area contributed by atoms with Gasteiger partial charge in [0.05, 0.1) is 13.7 Å². The summed E-state index contributed by atoms with van der Waals surface area (Å²) >= 11 is 0. The number of hydrogen-bond donors (Lipinski definition) is 1. The van der Waals surface area contributed by atoms with Crippen molar-refractivity contribution in [3.8, 4) is 11.5 Å². The number of ether oxygens (including phenoxy) is 2. The average Bonchev–Trinajstić information content (AvgIpc) is 2.62. The first-order valence-corrected chi connectivity index (χ1v) is 4.29. The number of phenolic OH excluding ortho intramolecular Hbond substituents is 1. The van der Waals surface area contributed by atoms with Gasteiger partial charge in [-0.15, -0.1) is 0 Å². The Kier molecular flexibility index (Phi) is 2.04. The molecule has 1 aliphatic heterocycles. The fourth-order valence-electron chi connectivity index (χ4n) is 1.55. The lowest BCUT2D eigenvalue weighted by molar-refractivity contribution is 0.0596. The summed E-state index contributed by atoms with van der Waals surface area (Å²) in [5.74, 6) is 0.114. The van der Waals surface area contributed by atoms with E-state index in [2.05, 4.69) is 4.74 Å². The van der Waals surface area contributed by atoms with Crippen molar-refractivity contribution in [1.29, 1.82) is 0 Å². The number of rotatable bonds is 1. The molecule has 0 unspecified atom stereocenters. The normalized spacial score (nSPS) is 13.2. The molecule has 1 aromatic rings. The van der Waals surface area contributed by atoms with Gasteiger partial charge >= 0.3 is 5.97 Å².